The van der Waals surface area contributed by atoms with E-state index in [9.17, 15) is 4.79 Å². The second-order valence-electron chi connectivity index (χ2n) is 4.61. The van der Waals surface area contributed by atoms with Gasteiger partial charge in [0.15, 0.2) is 0 Å². The molecule has 0 radical (unpaired) electrons. The molecule has 90 valence electrons. The molecule has 0 aliphatic heterocycles. The number of ether oxygens (including phenoxy) is 1. The molecular formula is C11H22BrNO2. The number of hydrogen-bond donors (Lipinski definition) is 0. The van der Waals surface area contributed by atoms with E-state index in [2.05, 4.69) is 29.8 Å². The number of methoxy groups -OCH3 is 1. The van der Waals surface area contributed by atoms with E-state index in [-0.39, 0.29) is 5.91 Å². The van der Waals surface area contributed by atoms with Crippen LogP contribution in [0.25, 0.3) is 0 Å². The summed E-state index contributed by atoms with van der Waals surface area (Å²) in [6, 6.07) is 0. The Morgan fingerprint density at radius 2 is 2.00 bits per heavy atom. The van der Waals surface area contributed by atoms with Gasteiger partial charge in [0, 0.05) is 20.2 Å². The van der Waals surface area contributed by atoms with Gasteiger partial charge in [-0.1, -0.05) is 29.8 Å². The fourth-order valence-electron chi connectivity index (χ4n) is 1.29. The van der Waals surface area contributed by atoms with Crippen molar-refractivity contribution in [1.29, 1.82) is 0 Å². The van der Waals surface area contributed by atoms with E-state index in [4.69, 9.17) is 4.74 Å². The van der Waals surface area contributed by atoms with Gasteiger partial charge in [-0.05, 0) is 19.8 Å². The normalized spacial score (nSPS) is 11.9. The van der Waals surface area contributed by atoms with Crippen molar-refractivity contribution in [2.24, 2.45) is 5.92 Å². The summed E-state index contributed by atoms with van der Waals surface area (Å²) in [6.07, 6.45) is 0. The van der Waals surface area contributed by atoms with Crippen LogP contribution >= 0.6 is 15.9 Å². The molecule has 0 bridgehead atoms. The zero-order valence-corrected chi connectivity index (χ0v) is 11.9. The molecule has 1 amide bonds. The molecule has 0 aliphatic carbocycles. The lowest BCUT2D eigenvalue weighted by Gasteiger charge is -2.29. The second kappa shape index (κ2) is 6.48. The van der Waals surface area contributed by atoms with Gasteiger partial charge >= 0.3 is 0 Å². The van der Waals surface area contributed by atoms with E-state index in [1.807, 2.05) is 18.7 Å². The predicted octanol–water partition coefficient (Wildman–Crippen LogP) is 2.29. The Labute approximate surface area is 101 Å². The summed E-state index contributed by atoms with van der Waals surface area (Å²) in [5.41, 5.74) is 0. The van der Waals surface area contributed by atoms with Gasteiger partial charge in [-0.15, -0.1) is 0 Å². The summed E-state index contributed by atoms with van der Waals surface area (Å²) < 4.78 is 4.52. The highest BCUT2D eigenvalue weighted by Gasteiger charge is 2.29. The van der Waals surface area contributed by atoms with Gasteiger partial charge in [0.1, 0.15) is 0 Å². The third-order valence-electron chi connectivity index (χ3n) is 1.95. The minimum atomic E-state index is -0.490. The van der Waals surface area contributed by atoms with E-state index in [0.717, 1.165) is 6.54 Å². The largest absolute Gasteiger partial charge is 0.383 e. The highest BCUT2D eigenvalue weighted by molar-refractivity contribution is 9.10. The zero-order valence-electron chi connectivity index (χ0n) is 10.3. The molecular weight excluding hydrogens is 258 g/mol. The lowest BCUT2D eigenvalue weighted by molar-refractivity contribution is -0.133. The maximum Gasteiger partial charge on any atom is 0.238 e. The van der Waals surface area contributed by atoms with Crippen molar-refractivity contribution in [1.82, 2.24) is 4.90 Å². The first-order valence-corrected chi connectivity index (χ1v) is 6.05. The molecule has 0 saturated heterocycles. The predicted molar refractivity (Wildman–Crippen MR) is 66.3 cm³/mol. The van der Waals surface area contributed by atoms with Gasteiger partial charge < -0.3 is 9.64 Å². The number of rotatable bonds is 6. The highest BCUT2D eigenvalue weighted by Crippen LogP contribution is 2.19. The molecule has 0 heterocycles. The van der Waals surface area contributed by atoms with Crippen LogP contribution in [0.2, 0.25) is 0 Å². The molecule has 0 fully saturated rings. The first-order chi connectivity index (χ1) is 6.79. The Balaban J connectivity index is 4.41. The molecule has 0 unspecified atom stereocenters. The Bertz CT molecular complexity index is 199. The number of nitrogens with zero attached hydrogens (tertiary/aromatic N) is 1. The third-order valence-corrected chi connectivity index (χ3v) is 2.29. The van der Waals surface area contributed by atoms with Gasteiger partial charge in [-0.25, -0.2) is 0 Å². The summed E-state index contributed by atoms with van der Waals surface area (Å²) in [5.74, 6) is 0.592. The summed E-state index contributed by atoms with van der Waals surface area (Å²) in [7, 11) is 1.65. The van der Waals surface area contributed by atoms with Crippen LogP contribution < -0.4 is 0 Å². The van der Waals surface area contributed by atoms with Crippen LogP contribution in [0.1, 0.15) is 27.7 Å². The van der Waals surface area contributed by atoms with E-state index < -0.39 is 4.32 Å². The van der Waals surface area contributed by atoms with Crippen LogP contribution in [0, 0.1) is 5.92 Å². The fraction of sp³-hybridized carbons (Fsp3) is 0.909. The van der Waals surface area contributed by atoms with E-state index in [1.54, 1.807) is 7.11 Å². The molecule has 0 aromatic rings. The van der Waals surface area contributed by atoms with Crippen LogP contribution in [0.3, 0.4) is 0 Å². The van der Waals surface area contributed by atoms with Gasteiger partial charge in [0.25, 0.3) is 0 Å². The molecule has 0 N–H and O–H groups in total. The topological polar surface area (TPSA) is 29.5 Å². The van der Waals surface area contributed by atoms with E-state index in [0.29, 0.717) is 19.1 Å². The summed E-state index contributed by atoms with van der Waals surface area (Å²) in [6.45, 7) is 9.97. The monoisotopic (exact) mass is 279 g/mol. The highest BCUT2D eigenvalue weighted by atomic mass is 79.9. The van der Waals surface area contributed by atoms with Gasteiger partial charge in [0.2, 0.25) is 5.91 Å². The molecule has 4 heteroatoms. The number of carbonyl (C=O) groups excluding carboxylic acids is 1. The van der Waals surface area contributed by atoms with Crippen molar-refractivity contribution in [3.8, 4) is 0 Å². The van der Waals surface area contributed by atoms with E-state index >= 15 is 0 Å². The summed E-state index contributed by atoms with van der Waals surface area (Å²) in [4.78, 5) is 13.9. The molecule has 0 spiro atoms. The number of alkyl halides is 1. The van der Waals surface area contributed by atoms with Crippen molar-refractivity contribution in [3.05, 3.63) is 0 Å². The fourth-order valence-corrected chi connectivity index (χ4v) is 1.54. The SMILES string of the molecule is COCCN(CC(C)C)C(=O)C(C)(C)Br. The summed E-state index contributed by atoms with van der Waals surface area (Å²) >= 11 is 3.39. The van der Waals surface area contributed by atoms with Crippen molar-refractivity contribution in [2.75, 3.05) is 26.8 Å². The molecule has 0 aromatic carbocycles. The van der Waals surface area contributed by atoms with Crippen LogP contribution in [-0.4, -0.2) is 41.9 Å². The zero-order chi connectivity index (χ0) is 12.1. The average molecular weight is 280 g/mol. The minimum Gasteiger partial charge on any atom is -0.383 e. The first kappa shape index (κ1) is 14.9. The maximum atomic E-state index is 12.0. The summed E-state index contributed by atoms with van der Waals surface area (Å²) in [5, 5.41) is 0. The number of amides is 1. The standard InChI is InChI=1S/C11H22BrNO2/c1-9(2)8-13(6-7-15-5)10(14)11(3,4)12/h9H,6-8H2,1-5H3. The third kappa shape index (κ3) is 6.15. The van der Waals surface area contributed by atoms with Crippen molar-refractivity contribution >= 4 is 21.8 Å². The smallest absolute Gasteiger partial charge is 0.238 e. The Hall–Kier alpha value is -0.0900. The van der Waals surface area contributed by atoms with Crippen LogP contribution in [0.4, 0.5) is 0 Å². The Kier molecular flexibility index (Phi) is 6.44. The maximum absolute atomic E-state index is 12.0. The average Bonchev–Trinajstić information content (AvgIpc) is 2.09. The quantitative estimate of drug-likeness (QED) is 0.699. The minimum absolute atomic E-state index is 0.119. The molecule has 0 atom stereocenters. The molecule has 0 aliphatic rings. The first-order valence-electron chi connectivity index (χ1n) is 5.26. The molecule has 0 rings (SSSR count). The van der Waals surface area contributed by atoms with Crippen LogP contribution in [0.5, 0.6) is 0 Å². The lowest BCUT2D eigenvalue weighted by atomic mass is 10.1. The number of hydrogen-bond acceptors (Lipinski definition) is 2. The van der Waals surface area contributed by atoms with Crippen molar-refractivity contribution in [2.45, 2.75) is 32.0 Å². The van der Waals surface area contributed by atoms with Crippen molar-refractivity contribution in [3.63, 3.8) is 0 Å². The van der Waals surface area contributed by atoms with Crippen LogP contribution in [0.15, 0.2) is 0 Å². The Morgan fingerprint density at radius 1 is 1.47 bits per heavy atom. The van der Waals surface area contributed by atoms with E-state index in [1.165, 1.54) is 0 Å². The van der Waals surface area contributed by atoms with Gasteiger partial charge in [-0.3, -0.25) is 4.79 Å². The lowest BCUT2D eigenvalue weighted by Crippen LogP contribution is -2.44. The number of halogens is 1. The number of carbonyl (C=O) groups is 1. The Morgan fingerprint density at radius 3 is 2.33 bits per heavy atom. The van der Waals surface area contributed by atoms with Gasteiger partial charge in [-0.2, -0.15) is 0 Å². The van der Waals surface area contributed by atoms with Crippen molar-refractivity contribution < 1.29 is 9.53 Å². The second-order valence-corrected chi connectivity index (χ2v) is 6.59. The molecule has 3 nitrogen and oxygen atoms in total. The van der Waals surface area contributed by atoms with Gasteiger partial charge in [0.05, 0.1) is 10.9 Å². The molecule has 0 aromatic heterocycles. The van der Waals surface area contributed by atoms with Crippen LogP contribution in [-0.2, 0) is 9.53 Å². The molecule has 0 saturated carbocycles. The molecule has 15 heavy (non-hydrogen) atoms.